The van der Waals surface area contributed by atoms with E-state index in [0.29, 0.717) is 5.75 Å². The largest absolute Gasteiger partial charge is 0.480 e. The van der Waals surface area contributed by atoms with Crippen molar-refractivity contribution in [2.45, 2.75) is 24.9 Å². The number of hydrogen-bond donors (Lipinski definition) is 5. The molecule has 0 unspecified atom stereocenters. The van der Waals surface area contributed by atoms with Gasteiger partial charge in [-0.1, -0.05) is 6.08 Å². The zero-order chi connectivity index (χ0) is 17.8. The van der Waals surface area contributed by atoms with Crippen molar-refractivity contribution in [2.75, 3.05) is 18.1 Å². The van der Waals surface area contributed by atoms with Gasteiger partial charge in [-0.3, -0.25) is 19.2 Å². The number of rotatable bonds is 12. The van der Waals surface area contributed by atoms with E-state index in [1.165, 1.54) is 11.8 Å². The van der Waals surface area contributed by atoms with Crippen molar-refractivity contribution in [1.82, 2.24) is 10.6 Å². The van der Waals surface area contributed by atoms with Crippen molar-refractivity contribution in [3.05, 3.63) is 12.7 Å². The van der Waals surface area contributed by atoms with Gasteiger partial charge in [-0.2, -0.15) is 11.8 Å². The average Bonchev–Trinajstić information content (AvgIpc) is 2.49. The standard InChI is InChI=1S/C13H21N3O6S/c1-2-5-23-7-9(12(20)15-6-11(18)19)16-10(17)4-3-8(14)13(21)22/h2,8-9H,1,3-7,14H2,(H,15,20)(H,16,17)(H,18,19)(H,21,22)/t8-,9-/m0/s1. The van der Waals surface area contributed by atoms with Crippen LogP contribution in [0.25, 0.3) is 0 Å². The van der Waals surface area contributed by atoms with Crippen molar-refractivity contribution < 1.29 is 29.4 Å². The molecule has 0 aliphatic heterocycles. The molecular weight excluding hydrogens is 326 g/mol. The van der Waals surface area contributed by atoms with Crippen LogP contribution in [0.2, 0.25) is 0 Å². The van der Waals surface area contributed by atoms with Gasteiger partial charge in [0.15, 0.2) is 0 Å². The van der Waals surface area contributed by atoms with Gasteiger partial charge < -0.3 is 26.6 Å². The normalized spacial score (nSPS) is 12.7. The summed E-state index contributed by atoms with van der Waals surface area (Å²) in [5.74, 6) is -2.78. The lowest BCUT2D eigenvalue weighted by atomic mass is 10.1. The zero-order valence-corrected chi connectivity index (χ0v) is 13.3. The second kappa shape index (κ2) is 11.5. The van der Waals surface area contributed by atoms with E-state index >= 15 is 0 Å². The van der Waals surface area contributed by atoms with E-state index in [9.17, 15) is 19.2 Å². The molecule has 10 heteroatoms. The second-order valence-corrected chi connectivity index (χ2v) is 5.62. The molecule has 0 aromatic heterocycles. The third-order valence-corrected chi connectivity index (χ3v) is 3.63. The summed E-state index contributed by atoms with van der Waals surface area (Å²) in [5, 5.41) is 21.8. The van der Waals surface area contributed by atoms with Gasteiger partial charge in [0, 0.05) is 17.9 Å². The minimum atomic E-state index is -1.21. The molecule has 0 aliphatic rings. The number of nitrogens with one attached hydrogen (secondary N) is 2. The third kappa shape index (κ3) is 10.3. The molecule has 0 saturated heterocycles. The van der Waals surface area contributed by atoms with Gasteiger partial charge in [-0.25, -0.2) is 0 Å². The van der Waals surface area contributed by atoms with Gasteiger partial charge in [0.05, 0.1) is 0 Å². The van der Waals surface area contributed by atoms with Crippen LogP contribution < -0.4 is 16.4 Å². The number of carboxylic acid groups (broad SMARTS) is 2. The average molecular weight is 347 g/mol. The molecule has 6 N–H and O–H groups in total. The van der Waals surface area contributed by atoms with Crippen molar-refractivity contribution in [1.29, 1.82) is 0 Å². The molecule has 0 bridgehead atoms. The molecule has 0 aromatic rings. The molecule has 23 heavy (non-hydrogen) atoms. The zero-order valence-electron chi connectivity index (χ0n) is 12.5. The van der Waals surface area contributed by atoms with E-state index < -0.39 is 42.4 Å². The number of thioether (sulfide) groups is 1. The van der Waals surface area contributed by atoms with Crippen molar-refractivity contribution in [3.63, 3.8) is 0 Å². The number of carboxylic acids is 2. The number of amides is 2. The predicted octanol–water partition coefficient (Wildman–Crippen LogP) is -1.22. The Balaban J connectivity index is 4.50. The summed E-state index contributed by atoms with van der Waals surface area (Å²) in [6.45, 7) is 2.98. The van der Waals surface area contributed by atoms with Gasteiger partial charge >= 0.3 is 11.9 Å². The second-order valence-electron chi connectivity index (χ2n) is 4.54. The first-order valence-corrected chi connectivity index (χ1v) is 7.89. The number of carbonyl (C=O) groups is 4. The fraction of sp³-hybridized carbons (Fsp3) is 0.538. The minimum Gasteiger partial charge on any atom is -0.480 e. The fourth-order valence-electron chi connectivity index (χ4n) is 1.41. The highest BCUT2D eigenvalue weighted by atomic mass is 32.2. The quantitative estimate of drug-likeness (QED) is 0.217. The number of hydrogen-bond acceptors (Lipinski definition) is 6. The molecule has 0 fully saturated rings. The molecule has 0 saturated carbocycles. The molecule has 0 radical (unpaired) electrons. The molecule has 2 amide bonds. The summed E-state index contributed by atoms with van der Waals surface area (Å²) in [6, 6.07) is -2.08. The van der Waals surface area contributed by atoms with Crippen LogP contribution in [0.3, 0.4) is 0 Å². The molecule has 9 nitrogen and oxygen atoms in total. The van der Waals surface area contributed by atoms with Gasteiger partial charge in [0.2, 0.25) is 11.8 Å². The Morgan fingerprint density at radius 3 is 2.43 bits per heavy atom. The van der Waals surface area contributed by atoms with Crippen LogP contribution in [-0.4, -0.2) is 64.1 Å². The van der Waals surface area contributed by atoms with Crippen molar-refractivity contribution in [2.24, 2.45) is 5.73 Å². The SMILES string of the molecule is C=CCSC[C@H](NC(=O)CC[C@H](N)C(=O)O)C(=O)NCC(=O)O. The number of carbonyl (C=O) groups excluding carboxylic acids is 2. The summed E-state index contributed by atoms with van der Waals surface area (Å²) < 4.78 is 0. The predicted molar refractivity (Wildman–Crippen MR) is 84.9 cm³/mol. The lowest BCUT2D eigenvalue weighted by molar-refractivity contribution is -0.139. The fourth-order valence-corrected chi connectivity index (χ4v) is 2.19. The van der Waals surface area contributed by atoms with E-state index in [2.05, 4.69) is 17.2 Å². The first-order chi connectivity index (χ1) is 10.8. The maximum Gasteiger partial charge on any atom is 0.322 e. The van der Waals surface area contributed by atoms with Crippen LogP contribution in [0, 0.1) is 0 Å². The molecule has 0 spiro atoms. The Morgan fingerprint density at radius 2 is 1.91 bits per heavy atom. The number of aliphatic carboxylic acids is 2. The Labute approximate surface area is 137 Å². The highest BCUT2D eigenvalue weighted by Crippen LogP contribution is 2.04. The van der Waals surface area contributed by atoms with Crippen LogP contribution in [0.5, 0.6) is 0 Å². The monoisotopic (exact) mass is 347 g/mol. The molecule has 130 valence electrons. The topological polar surface area (TPSA) is 159 Å². The first-order valence-electron chi connectivity index (χ1n) is 6.73. The Morgan fingerprint density at radius 1 is 1.26 bits per heavy atom. The van der Waals surface area contributed by atoms with Crippen molar-refractivity contribution in [3.8, 4) is 0 Å². The van der Waals surface area contributed by atoms with Gasteiger partial charge in [0.1, 0.15) is 18.6 Å². The van der Waals surface area contributed by atoms with E-state index in [-0.39, 0.29) is 18.6 Å². The number of nitrogens with two attached hydrogens (primary N) is 1. The third-order valence-electron chi connectivity index (χ3n) is 2.59. The molecular formula is C13H21N3O6S. The smallest absolute Gasteiger partial charge is 0.322 e. The summed E-state index contributed by atoms with van der Waals surface area (Å²) in [4.78, 5) is 44.7. The molecule has 0 heterocycles. The summed E-state index contributed by atoms with van der Waals surface area (Å²) in [7, 11) is 0. The highest BCUT2D eigenvalue weighted by molar-refractivity contribution is 7.99. The molecule has 2 atom stereocenters. The Kier molecular flexibility index (Phi) is 10.5. The van der Waals surface area contributed by atoms with E-state index in [1.807, 2.05) is 0 Å². The Hall–Kier alpha value is -2.07. The maximum absolute atomic E-state index is 11.9. The molecule has 0 aliphatic carbocycles. The molecule has 0 rings (SSSR count). The van der Waals surface area contributed by atoms with E-state index in [0.717, 1.165) is 0 Å². The van der Waals surface area contributed by atoms with Gasteiger partial charge in [-0.05, 0) is 6.42 Å². The van der Waals surface area contributed by atoms with E-state index in [1.54, 1.807) is 6.08 Å². The first kappa shape index (κ1) is 20.9. The summed E-state index contributed by atoms with van der Waals surface area (Å²) >= 11 is 1.34. The van der Waals surface area contributed by atoms with Crippen LogP contribution in [0.4, 0.5) is 0 Å². The van der Waals surface area contributed by atoms with Crippen LogP contribution in [-0.2, 0) is 19.2 Å². The van der Waals surface area contributed by atoms with Crippen molar-refractivity contribution >= 4 is 35.5 Å². The van der Waals surface area contributed by atoms with Crippen LogP contribution in [0.1, 0.15) is 12.8 Å². The summed E-state index contributed by atoms with van der Waals surface area (Å²) in [6.07, 6.45) is 1.41. The van der Waals surface area contributed by atoms with Crippen LogP contribution >= 0.6 is 11.8 Å². The maximum atomic E-state index is 11.9. The Bertz CT molecular complexity index is 457. The lowest BCUT2D eigenvalue weighted by Crippen LogP contribution is -2.49. The highest BCUT2D eigenvalue weighted by Gasteiger charge is 2.22. The summed E-state index contributed by atoms with van der Waals surface area (Å²) in [5.41, 5.74) is 5.30. The minimum absolute atomic E-state index is 0.0650. The molecule has 0 aromatic carbocycles. The van der Waals surface area contributed by atoms with E-state index in [4.69, 9.17) is 15.9 Å². The van der Waals surface area contributed by atoms with Gasteiger partial charge in [0.25, 0.3) is 0 Å². The van der Waals surface area contributed by atoms with Gasteiger partial charge in [-0.15, -0.1) is 6.58 Å². The van der Waals surface area contributed by atoms with Crippen LogP contribution in [0.15, 0.2) is 12.7 Å². The lowest BCUT2D eigenvalue weighted by Gasteiger charge is -2.18.